The number of aryl methyl sites for hydroxylation is 2. The molecule has 0 saturated carbocycles. The van der Waals surface area contributed by atoms with E-state index in [-0.39, 0.29) is 5.54 Å². The van der Waals surface area contributed by atoms with E-state index in [1.54, 1.807) is 17.8 Å². The summed E-state index contributed by atoms with van der Waals surface area (Å²) in [6.45, 7) is 14.1. The summed E-state index contributed by atoms with van der Waals surface area (Å²) >= 11 is 1.63. The molecule has 0 aliphatic carbocycles. The van der Waals surface area contributed by atoms with Crippen molar-refractivity contribution in [2.24, 2.45) is 10.7 Å². The number of aromatic nitrogens is 2. The quantitative estimate of drug-likeness (QED) is 0.458. The van der Waals surface area contributed by atoms with Gasteiger partial charge in [0.1, 0.15) is 5.04 Å². The predicted octanol–water partition coefficient (Wildman–Crippen LogP) is 4.66. The number of aromatic amines is 1. The highest BCUT2D eigenvalue weighted by Gasteiger charge is 2.27. The number of H-pyrrole nitrogens is 1. The fourth-order valence-electron chi connectivity index (χ4n) is 3.09. The highest BCUT2D eigenvalue weighted by Crippen LogP contribution is 2.30. The summed E-state index contributed by atoms with van der Waals surface area (Å²) < 4.78 is 0. The number of hydrogen-bond donors (Lipinski definition) is 2. The Morgan fingerprint density at radius 2 is 2.04 bits per heavy atom. The summed E-state index contributed by atoms with van der Waals surface area (Å²) in [5.41, 5.74) is 9.68. The van der Waals surface area contributed by atoms with E-state index in [0.717, 1.165) is 48.4 Å². The average molecular weight is 384 g/mol. The molecule has 3 N–H and O–H groups in total. The van der Waals surface area contributed by atoms with Crippen LogP contribution in [0.5, 0.6) is 0 Å². The van der Waals surface area contributed by atoms with Crippen LogP contribution in [0.2, 0.25) is 0 Å². The van der Waals surface area contributed by atoms with E-state index in [2.05, 4.69) is 55.4 Å². The van der Waals surface area contributed by atoms with Crippen LogP contribution >= 0.6 is 11.8 Å². The van der Waals surface area contributed by atoms with Gasteiger partial charge in [-0.15, -0.1) is 0 Å². The van der Waals surface area contributed by atoms with Crippen LogP contribution in [0.1, 0.15) is 36.6 Å². The Morgan fingerprint density at radius 1 is 1.33 bits per heavy atom. The van der Waals surface area contributed by atoms with Gasteiger partial charge in [0.05, 0.1) is 5.69 Å². The summed E-state index contributed by atoms with van der Waals surface area (Å²) in [5, 5.41) is 0.845. The zero-order valence-corrected chi connectivity index (χ0v) is 17.5. The Labute approximate surface area is 166 Å². The lowest BCUT2D eigenvalue weighted by atomic mass is 9.91. The maximum Gasteiger partial charge on any atom is 0.205 e. The van der Waals surface area contributed by atoms with Crippen molar-refractivity contribution in [3.63, 3.8) is 0 Å². The number of hydrogen-bond acceptors (Lipinski definition) is 5. The van der Waals surface area contributed by atoms with Gasteiger partial charge in [-0.25, -0.2) is 4.99 Å². The predicted molar refractivity (Wildman–Crippen MR) is 116 cm³/mol. The second-order valence-electron chi connectivity index (χ2n) is 7.60. The molecule has 0 spiro atoms. The van der Waals surface area contributed by atoms with Gasteiger partial charge in [0.15, 0.2) is 5.82 Å². The summed E-state index contributed by atoms with van der Waals surface area (Å²) in [6, 6.07) is 6.32. The first-order valence-corrected chi connectivity index (χ1v) is 10.2. The number of nitrogens with zero attached hydrogens (tertiary/aromatic N) is 3. The van der Waals surface area contributed by atoms with Gasteiger partial charge in [-0.3, -0.25) is 0 Å². The standard InChI is InChI=1S/C21H29N5S/c1-6-18(27-17-9-7-8-14(2)15(17)3)24-19-16(4)23-20(25-19)26-12-10-21(5,22)11-13-26/h6-9H,1,10-13,22H2,2-5H3,(H,23,25). The molecule has 2 aromatic rings. The van der Waals surface area contributed by atoms with Crippen LogP contribution in [0.25, 0.3) is 0 Å². The lowest BCUT2D eigenvalue weighted by Crippen LogP contribution is -2.48. The van der Waals surface area contributed by atoms with E-state index in [1.165, 1.54) is 16.0 Å². The van der Waals surface area contributed by atoms with E-state index < -0.39 is 0 Å². The first-order valence-electron chi connectivity index (χ1n) is 9.35. The Balaban J connectivity index is 1.80. The molecule has 0 unspecified atom stereocenters. The number of thioether (sulfide) groups is 1. The average Bonchev–Trinajstić information content (AvgIpc) is 2.98. The van der Waals surface area contributed by atoms with Gasteiger partial charge in [0.25, 0.3) is 0 Å². The van der Waals surface area contributed by atoms with E-state index in [1.807, 2.05) is 6.92 Å². The van der Waals surface area contributed by atoms with Gasteiger partial charge >= 0.3 is 0 Å². The molecule has 5 nitrogen and oxygen atoms in total. The minimum absolute atomic E-state index is 0.0720. The Hall–Kier alpha value is -2.05. The molecule has 1 aromatic carbocycles. The fraction of sp³-hybridized carbons (Fsp3) is 0.429. The Kier molecular flexibility index (Phi) is 5.77. The summed E-state index contributed by atoms with van der Waals surface area (Å²) in [4.78, 5) is 16.3. The molecule has 1 aliphatic heterocycles. The van der Waals surface area contributed by atoms with Crippen LogP contribution in [0, 0.1) is 20.8 Å². The minimum Gasteiger partial charge on any atom is -0.342 e. The van der Waals surface area contributed by atoms with Crippen molar-refractivity contribution in [2.45, 2.75) is 51.0 Å². The van der Waals surface area contributed by atoms with E-state index in [4.69, 9.17) is 15.7 Å². The van der Waals surface area contributed by atoms with E-state index in [0.29, 0.717) is 0 Å². The molecule has 27 heavy (non-hydrogen) atoms. The molecule has 144 valence electrons. The van der Waals surface area contributed by atoms with Gasteiger partial charge in [0.2, 0.25) is 5.95 Å². The molecule has 2 heterocycles. The number of rotatable bonds is 4. The zero-order valence-electron chi connectivity index (χ0n) is 16.7. The SMILES string of the molecule is C=CC(=Nc1nc(N2CCC(C)(N)CC2)[nH]c1C)Sc1cccc(C)c1C. The molecule has 1 saturated heterocycles. The van der Waals surface area contributed by atoms with Crippen LogP contribution in [0.15, 0.2) is 40.7 Å². The smallest absolute Gasteiger partial charge is 0.205 e. The van der Waals surface area contributed by atoms with Gasteiger partial charge in [-0.1, -0.05) is 30.5 Å². The molecular formula is C21H29N5S. The topological polar surface area (TPSA) is 70.3 Å². The van der Waals surface area contributed by atoms with Crippen LogP contribution in [0.4, 0.5) is 11.8 Å². The molecule has 1 aromatic heterocycles. The third kappa shape index (κ3) is 4.62. The second-order valence-corrected chi connectivity index (χ2v) is 8.67. The van der Waals surface area contributed by atoms with Gasteiger partial charge in [-0.05, 0) is 63.8 Å². The van der Waals surface area contributed by atoms with Crippen LogP contribution in [0.3, 0.4) is 0 Å². The number of benzene rings is 1. The molecule has 0 bridgehead atoms. The third-order valence-corrected chi connectivity index (χ3v) is 6.34. The maximum atomic E-state index is 6.24. The lowest BCUT2D eigenvalue weighted by Gasteiger charge is -2.36. The Bertz CT molecular complexity index is 855. The molecular weight excluding hydrogens is 354 g/mol. The number of anilines is 1. The largest absolute Gasteiger partial charge is 0.342 e. The molecule has 0 atom stereocenters. The number of aliphatic imine (C=N–C) groups is 1. The molecule has 0 amide bonds. The number of piperidine rings is 1. The first kappa shape index (κ1) is 19.7. The van der Waals surface area contributed by atoms with Crippen molar-refractivity contribution in [1.29, 1.82) is 0 Å². The van der Waals surface area contributed by atoms with Crippen molar-refractivity contribution < 1.29 is 0 Å². The third-order valence-electron chi connectivity index (χ3n) is 5.21. The van der Waals surface area contributed by atoms with Crippen LogP contribution in [-0.4, -0.2) is 33.6 Å². The van der Waals surface area contributed by atoms with Crippen LogP contribution in [-0.2, 0) is 0 Å². The van der Waals surface area contributed by atoms with Gasteiger partial charge < -0.3 is 15.6 Å². The number of nitrogens with two attached hydrogens (primary N) is 1. The molecule has 3 rings (SSSR count). The zero-order chi connectivity index (χ0) is 19.6. The van der Waals surface area contributed by atoms with Crippen molar-refractivity contribution in [1.82, 2.24) is 9.97 Å². The second kappa shape index (κ2) is 7.90. The van der Waals surface area contributed by atoms with Crippen molar-refractivity contribution in [2.75, 3.05) is 18.0 Å². The van der Waals surface area contributed by atoms with Crippen molar-refractivity contribution in [3.05, 3.63) is 47.7 Å². The normalized spacial score (nSPS) is 17.2. The van der Waals surface area contributed by atoms with Gasteiger partial charge in [0, 0.05) is 23.5 Å². The van der Waals surface area contributed by atoms with Crippen molar-refractivity contribution in [3.8, 4) is 0 Å². The minimum atomic E-state index is -0.0720. The highest BCUT2D eigenvalue weighted by molar-refractivity contribution is 8.14. The maximum absolute atomic E-state index is 6.24. The fourth-order valence-corrected chi connectivity index (χ4v) is 3.99. The first-order chi connectivity index (χ1) is 12.8. The van der Waals surface area contributed by atoms with Crippen molar-refractivity contribution >= 4 is 28.6 Å². The monoisotopic (exact) mass is 383 g/mol. The summed E-state index contributed by atoms with van der Waals surface area (Å²) in [5.74, 6) is 1.60. The van der Waals surface area contributed by atoms with E-state index >= 15 is 0 Å². The molecule has 1 aliphatic rings. The molecule has 1 fully saturated rings. The van der Waals surface area contributed by atoms with E-state index in [9.17, 15) is 0 Å². The lowest BCUT2D eigenvalue weighted by molar-refractivity contribution is 0.362. The molecule has 0 radical (unpaired) electrons. The van der Waals surface area contributed by atoms with Gasteiger partial charge in [-0.2, -0.15) is 4.98 Å². The number of imidazole rings is 1. The molecule has 6 heteroatoms. The number of nitrogens with one attached hydrogen (secondary N) is 1. The highest BCUT2D eigenvalue weighted by atomic mass is 32.2. The summed E-state index contributed by atoms with van der Waals surface area (Å²) in [6.07, 6.45) is 3.72. The van der Waals surface area contributed by atoms with Crippen LogP contribution < -0.4 is 10.6 Å². The summed E-state index contributed by atoms with van der Waals surface area (Å²) in [7, 11) is 0. The Morgan fingerprint density at radius 3 is 2.70 bits per heavy atom.